The second-order valence-electron chi connectivity index (χ2n) is 5.31. The second-order valence-corrected chi connectivity index (χ2v) is 5.31. The van der Waals surface area contributed by atoms with Gasteiger partial charge in [0.25, 0.3) is 0 Å². The zero-order chi connectivity index (χ0) is 18.6. The maximum Gasteiger partial charge on any atom is 0.335 e. The zero-order valence-corrected chi connectivity index (χ0v) is 13.6. The number of carbonyl (C=O) groups is 2. The van der Waals surface area contributed by atoms with E-state index in [4.69, 9.17) is 20.4 Å². The van der Waals surface area contributed by atoms with Crippen LogP contribution in [0.3, 0.4) is 0 Å². The lowest BCUT2D eigenvalue weighted by atomic mass is 10.2. The highest BCUT2D eigenvalue weighted by Gasteiger charge is 2.07. The summed E-state index contributed by atoms with van der Waals surface area (Å²) in [4.78, 5) is 20.4. The Hall–Kier alpha value is -2.70. The Morgan fingerprint density at radius 2 is 1.04 bits per heavy atom. The van der Waals surface area contributed by atoms with Gasteiger partial charge in [-0.25, -0.2) is 9.59 Å². The molecule has 0 aliphatic rings. The molecule has 0 saturated carbocycles. The van der Waals surface area contributed by atoms with Crippen LogP contribution in [-0.4, -0.2) is 44.6 Å². The second kappa shape index (κ2) is 10.9. The van der Waals surface area contributed by atoms with E-state index in [2.05, 4.69) is 0 Å². The number of rotatable bonds is 3. The molecule has 0 unspecified atom stereocenters. The van der Waals surface area contributed by atoms with Crippen LogP contribution >= 0.6 is 0 Å². The molecular weight excluding hydrogens is 312 g/mol. The van der Waals surface area contributed by atoms with E-state index in [0.29, 0.717) is 11.1 Å². The van der Waals surface area contributed by atoms with Crippen LogP contribution in [0, 0.1) is 0 Å². The van der Waals surface area contributed by atoms with E-state index in [-0.39, 0.29) is 6.61 Å². The number of carboxylic acid groups (broad SMARTS) is 2. The Balaban J connectivity index is 0.000000340. The van der Waals surface area contributed by atoms with Crippen molar-refractivity contribution in [1.29, 1.82) is 0 Å². The zero-order valence-electron chi connectivity index (χ0n) is 13.6. The smallest absolute Gasteiger partial charge is 0.335 e. The number of aromatic carboxylic acids is 2. The van der Waals surface area contributed by atoms with E-state index in [1.165, 1.54) is 0 Å². The van der Waals surface area contributed by atoms with Gasteiger partial charge in [0.15, 0.2) is 0 Å². The van der Waals surface area contributed by atoms with E-state index in [1.54, 1.807) is 74.5 Å². The number of hydrogen-bond donors (Lipinski definition) is 4. The van der Waals surface area contributed by atoms with Crippen LogP contribution in [0.1, 0.15) is 34.6 Å². The van der Waals surface area contributed by atoms with Gasteiger partial charge in [-0.2, -0.15) is 0 Å². The molecule has 0 aliphatic heterocycles. The minimum absolute atomic E-state index is 0.174. The first-order valence-electron chi connectivity index (χ1n) is 7.07. The summed E-state index contributed by atoms with van der Waals surface area (Å²) >= 11 is 0. The van der Waals surface area contributed by atoms with Crippen molar-refractivity contribution in [2.75, 3.05) is 6.61 Å². The van der Waals surface area contributed by atoms with Gasteiger partial charge in [0, 0.05) is 0 Å². The molecule has 0 bridgehead atoms. The molecule has 2 aromatic carbocycles. The van der Waals surface area contributed by atoms with Crippen molar-refractivity contribution in [3.8, 4) is 0 Å². The van der Waals surface area contributed by atoms with E-state index < -0.39 is 17.5 Å². The van der Waals surface area contributed by atoms with Gasteiger partial charge >= 0.3 is 11.9 Å². The molecular formula is C18H22O6. The summed E-state index contributed by atoms with van der Waals surface area (Å²) in [6.45, 7) is 2.92. The summed E-state index contributed by atoms with van der Waals surface area (Å²) in [5, 5.41) is 33.5. The molecule has 0 aromatic heterocycles. The van der Waals surface area contributed by atoms with Gasteiger partial charge in [-0.15, -0.1) is 0 Å². The third-order valence-corrected chi connectivity index (χ3v) is 2.43. The Morgan fingerprint density at radius 1 is 0.792 bits per heavy atom. The van der Waals surface area contributed by atoms with Crippen molar-refractivity contribution in [2.24, 2.45) is 0 Å². The molecule has 0 atom stereocenters. The largest absolute Gasteiger partial charge is 0.478 e. The van der Waals surface area contributed by atoms with Gasteiger partial charge < -0.3 is 20.4 Å². The Labute approximate surface area is 140 Å². The number of benzene rings is 2. The summed E-state index contributed by atoms with van der Waals surface area (Å²) in [7, 11) is 0. The lowest BCUT2D eigenvalue weighted by Gasteiger charge is -2.10. The highest BCUT2D eigenvalue weighted by Crippen LogP contribution is 1.97. The highest BCUT2D eigenvalue weighted by atomic mass is 16.4. The van der Waals surface area contributed by atoms with E-state index >= 15 is 0 Å². The number of aliphatic hydroxyl groups excluding tert-OH is 1. The number of aliphatic hydroxyl groups is 2. The maximum atomic E-state index is 10.2. The first-order valence-corrected chi connectivity index (χ1v) is 7.07. The average molecular weight is 334 g/mol. The van der Waals surface area contributed by atoms with Crippen molar-refractivity contribution in [3.63, 3.8) is 0 Å². The predicted molar refractivity (Wildman–Crippen MR) is 90.2 cm³/mol. The molecule has 0 radical (unpaired) electrons. The fourth-order valence-corrected chi connectivity index (χ4v) is 1.16. The Morgan fingerprint density at radius 3 is 1.17 bits per heavy atom. The molecule has 6 heteroatoms. The monoisotopic (exact) mass is 334 g/mol. The van der Waals surface area contributed by atoms with Gasteiger partial charge in [-0.3, -0.25) is 0 Å². The molecule has 4 N–H and O–H groups in total. The minimum Gasteiger partial charge on any atom is -0.478 e. The van der Waals surface area contributed by atoms with Crippen LogP contribution in [0.2, 0.25) is 0 Å². The molecule has 2 rings (SSSR count). The lowest BCUT2D eigenvalue weighted by molar-refractivity contribution is 0.0183. The summed E-state index contributed by atoms with van der Waals surface area (Å²) in [6.07, 6.45) is 0. The molecule has 2 aromatic rings. The number of hydrogen-bond acceptors (Lipinski definition) is 4. The van der Waals surface area contributed by atoms with E-state index in [9.17, 15) is 9.59 Å². The van der Waals surface area contributed by atoms with Crippen molar-refractivity contribution >= 4 is 11.9 Å². The van der Waals surface area contributed by atoms with Crippen molar-refractivity contribution < 1.29 is 30.0 Å². The third-order valence-electron chi connectivity index (χ3n) is 2.43. The maximum absolute atomic E-state index is 10.2. The first-order chi connectivity index (χ1) is 11.2. The van der Waals surface area contributed by atoms with Crippen molar-refractivity contribution in [3.05, 3.63) is 71.8 Å². The van der Waals surface area contributed by atoms with Gasteiger partial charge in [-0.05, 0) is 38.1 Å². The molecule has 0 saturated heterocycles. The van der Waals surface area contributed by atoms with Gasteiger partial charge in [0.2, 0.25) is 0 Å². The minimum atomic E-state index is -0.903. The normalized spacial score (nSPS) is 9.67. The molecule has 0 fully saturated rings. The summed E-state index contributed by atoms with van der Waals surface area (Å²) < 4.78 is 0. The van der Waals surface area contributed by atoms with Crippen LogP contribution in [0.4, 0.5) is 0 Å². The quantitative estimate of drug-likeness (QED) is 0.685. The Bertz CT molecular complexity index is 553. The molecule has 0 spiro atoms. The molecule has 0 amide bonds. The predicted octanol–water partition coefficient (Wildman–Crippen LogP) is 2.52. The lowest BCUT2D eigenvalue weighted by Crippen LogP contribution is -2.23. The molecule has 0 aliphatic carbocycles. The van der Waals surface area contributed by atoms with Crippen LogP contribution in [0.15, 0.2) is 60.7 Å². The molecule has 6 nitrogen and oxygen atoms in total. The van der Waals surface area contributed by atoms with Gasteiger partial charge in [0.05, 0.1) is 23.3 Å². The fourth-order valence-electron chi connectivity index (χ4n) is 1.16. The fraction of sp³-hybridized carbons (Fsp3) is 0.222. The van der Waals surface area contributed by atoms with E-state index in [0.717, 1.165) is 0 Å². The van der Waals surface area contributed by atoms with Gasteiger partial charge in [-0.1, -0.05) is 36.4 Å². The van der Waals surface area contributed by atoms with E-state index in [1.807, 2.05) is 0 Å². The molecule has 130 valence electrons. The first kappa shape index (κ1) is 21.3. The van der Waals surface area contributed by atoms with Crippen molar-refractivity contribution in [1.82, 2.24) is 0 Å². The van der Waals surface area contributed by atoms with Crippen LogP contribution in [0.25, 0.3) is 0 Å². The SMILES string of the molecule is CC(C)(O)CO.O=C(O)c1ccccc1.O=C(O)c1ccccc1. The summed E-state index contributed by atoms with van der Waals surface area (Å²) in [5.74, 6) is -1.76. The van der Waals surface area contributed by atoms with Gasteiger partial charge in [0.1, 0.15) is 0 Å². The van der Waals surface area contributed by atoms with Crippen molar-refractivity contribution in [2.45, 2.75) is 19.4 Å². The standard InChI is InChI=1S/2C7H6O2.C4H10O2/c2*8-7(9)6-4-2-1-3-5-6;1-4(2,6)3-5/h2*1-5H,(H,8,9);5-6H,3H2,1-2H3. The third kappa shape index (κ3) is 10.9. The topological polar surface area (TPSA) is 115 Å². The summed E-state index contributed by atoms with van der Waals surface area (Å²) in [6, 6.07) is 16.6. The summed E-state index contributed by atoms with van der Waals surface area (Å²) in [5.41, 5.74) is -0.241. The molecule has 0 heterocycles. The molecule has 24 heavy (non-hydrogen) atoms. The highest BCUT2D eigenvalue weighted by molar-refractivity contribution is 5.87. The average Bonchev–Trinajstić information content (AvgIpc) is 2.57. The Kier molecular flexibility index (Phi) is 9.70. The van der Waals surface area contributed by atoms with Crippen LogP contribution < -0.4 is 0 Å². The van der Waals surface area contributed by atoms with Crippen LogP contribution in [0.5, 0.6) is 0 Å². The number of carboxylic acids is 2. The van der Waals surface area contributed by atoms with Crippen LogP contribution in [-0.2, 0) is 0 Å².